The van der Waals surface area contributed by atoms with Gasteiger partial charge in [-0.25, -0.2) is 9.78 Å². The van der Waals surface area contributed by atoms with Gasteiger partial charge >= 0.3 is 12.3 Å². The SMILES string of the molecule is CC(C)(C)OC(=O)NCCC(O)(c1ncco1)C(F)(F)F. The first-order chi connectivity index (χ1) is 9.46. The minimum absolute atomic E-state index is 0.465. The molecule has 1 heterocycles. The number of nitrogens with zero attached hydrogens (tertiary/aromatic N) is 1. The lowest BCUT2D eigenvalue weighted by Crippen LogP contribution is -2.45. The number of aliphatic hydroxyl groups is 1. The second-order valence-electron chi connectivity index (χ2n) is 5.37. The van der Waals surface area contributed by atoms with Gasteiger partial charge in [-0.3, -0.25) is 0 Å². The molecule has 0 saturated carbocycles. The van der Waals surface area contributed by atoms with Crippen molar-refractivity contribution in [2.24, 2.45) is 0 Å². The lowest BCUT2D eigenvalue weighted by atomic mass is 9.99. The minimum Gasteiger partial charge on any atom is -0.446 e. The molecule has 1 aromatic heterocycles. The van der Waals surface area contributed by atoms with Crippen LogP contribution < -0.4 is 5.32 Å². The molecule has 0 aromatic carbocycles. The summed E-state index contributed by atoms with van der Waals surface area (Å²) < 4.78 is 48.3. The van der Waals surface area contributed by atoms with E-state index in [4.69, 9.17) is 4.74 Å². The fourth-order valence-electron chi connectivity index (χ4n) is 1.46. The Kier molecular flexibility index (Phi) is 4.87. The number of carbonyl (C=O) groups is 1. The van der Waals surface area contributed by atoms with E-state index in [0.29, 0.717) is 0 Å². The van der Waals surface area contributed by atoms with Gasteiger partial charge in [0, 0.05) is 13.0 Å². The summed E-state index contributed by atoms with van der Waals surface area (Å²) in [5.74, 6) is -0.874. The standard InChI is InChI=1S/C12H17F3N2O4/c1-10(2,3)21-9(18)17-5-4-11(19,12(13,14)15)8-16-6-7-20-8/h6-7,19H,4-5H2,1-3H3,(H,17,18). The van der Waals surface area contributed by atoms with Gasteiger partial charge in [-0.15, -0.1) is 0 Å². The molecule has 9 heteroatoms. The second-order valence-corrected chi connectivity index (χ2v) is 5.37. The molecule has 0 saturated heterocycles. The fraction of sp³-hybridized carbons (Fsp3) is 0.667. The van der Waals surface area contributed by atoms with Gasteiger partial charge in [0.05, 0.1) is 6.20 Å². The van der Waals surface area contributed by atoms with Gasteiger partial charge < -0.3 is 19.6 Å². The summed E-state index contributed by atoms with van der Waals surface area (Å²) >= 11 is 0. The Morgan fingerprint density at radius 1 is 1.43 bits per heavy atom. The van der Waals surface area contributed by atoms with Crippen LogP contribution in [-0.2, 0) is 10.3 Å². The van der Waals surface area contributed by atoms with Crippen LogP contribution in [0, 0.1) is 0 Å². The third-order valence-corrected chi connectivity index (χ3v) is 2.41. The zero-order valence-electron chi connectivity index (χ0n) is 11.8. The maximum Gasteiger partial charge on any atom is 0.426 e. The number of alkyl carbamates (subject to hydrolysis) is 1. The van der Waals surface area contributed by atoms with E-state index in [0.717, 1.165) is 12.5 Å². The van der Waals surface area contributed by atoms with Crippen LogP contribution in [-0.4, -0.2) is 34.5 Å². The molecule has 0 aliphatic heterocycles. The maximum atomic E-state index is 13.0. The number of aromatic nitrogens is 1. The van der Waals surface area contributed by atoms with Crippen LogP contribution in [0.1, 0.15) is 33.1 Å². The smallest absolute Gasteiger partial charge is 0.426 e. The number of oxazole rings is 1. The number of rotatable bonds is 4. The van der Waals surface area contributed by atoms with E-state index in [1.807, 2.05) is 0 Å². The number of alkyl halides is 3. The first-order valence-corrected chi connectivity index (χ1v) is 6.11. The van der Waals surface area contributed by atoms with Gasteiger partial charge in [0.1, 0.15) is 11.9 Å². The Balaban J connectivity index is 2.67. The summed E-state index contributed by atoms with van der Waals surface area (Å²) in [4.78, 5) is 14.7. The van der Waals surface area contributed by atoms with Crippen LogP contribution in [0.2, 0.25) is 0 Å². The summed E-state index contributed by atoms with van der Waals surface area (Å²) in [5.41, 5.74) is -4.04. The molecule has 1 aromatic rings. The van der Waals surface area contributed by atoms with Crippen molar-refractivity contribution in [1.29, 1.82) is 0 Å². The predicted molar refractivity (Wildman–Crippen MR) is 65.3 cm³/mol. The first-order valence-electron chi connectivity index (χ1n) is 6.11. The maximum absolute atomic E-state index is 13.0. The topological polar surface area (TPSA) is 84.6 Å². The quantitative estimate of drug-likeness (QED) is 0.891. The number of carbonyl (C=O) groups excluding carboxylic acids is 1. The molecule has 120 valence electrons. The Morgan fingerprint density at radius 2 is 2.05 bits per heavy atom. The van der Waals surface area contributed by atoms with E-state index in [2.05, 4.69) is 14.7 Å². The van der Waals surface area contributed by atoms with Crippen LogP contribution in [0.5, 0.6) is 0 Å². The van der Waals surface area contributed by atoms with Gasteiger partial charge in [-0.2, -0.15) is 13.2 Å². The van der Waals surface area contributed by atoms with Gasteiger partial charge in [0.15, 0.2) is 0 Å². The molecule has 0 aliphatic carbocycles. The third-order valence-electron chi connectivity index (χ3n) is 2.41. The van der Waals surface area contributed by atoms with Crippen LogP contribution in [0.4, 0.5) is 18.0 Å². The highest BCUT2D eigenvalue weighted by atomic mass is 19.4. The van der Waals surface area contributed by atoms with Crippen molar-refractivity contribution in [3.05, 3.63) is 18.4 Å². The number of hydrogen-bond donors (Lipinski definition) is 2. The summed E-state index contributed by atoms with van der Waals surface area (Å²) in [6.07, 6.45) is -4.80. The highest BCUT2D eigenvalue weighted by molar-refractivity contribution is 5.67. The summed E-state index contributed by atoms with van der Waals surface area (Å²) in [5, 5.41) is 11.9. The highest BCUT2D eigenvalue weighted by Crippen LogP contribution is 2.40. The van der Waals surface area contributed by atoms with E-state index in [9.17, 15) is 23.1 Å². The van der Waals surface area contributed by atoms with Crippen molar-refractivity contribution in [3.8, 4) is 0 Å². The number of nitrogens with one attached hydrogen (secondary N) is 1. The lowest BCUT2D eigenvalue weighted by molar-refractivity contribution is -0.276. The van der Waals surface area contributed by atoms with Crippen molar-refractivity contribution in [3.63, 3.8) is 0 Å². The fourth-order valence-corrected chi connectivity index (χ4v) is 1.46. The monoisotopic (exact) mass is 310 g/mol. The summed E-state index contributed by atoms with van der Waals surface area (Å²) in [6, 6.07) is 0. The lowest BCUT2D eigenvalue weighted by Gasteiger charge is -2.27. The zero-order chi connectivity index (χ0) is 16.3. The van der Waals surface area contributed by atoms with Crippen molar-refractivity contribution in [2.75, 3.05) is 6.54 Å². The molecule has 1 unspecified atom stereocenters. The number of amides is 1. The van der Waals surface area contributed by atoms with Crippen LogP contribution >= 0.6 is 0 Å². The molecular weight excluding hydrogens is 293 g/mol. The van der Waals surface area contributed by atoms with Crippen molar-refractivity contribution in [2.45, 2.75) is 44.6 Å². The highest BCUT2D eigenvalue weighted by Gasteiger charge is 2.58. The molecule has 1 atom stereocenters. The number of hydrogen-bond acceptors (Lipinski definition) is 5. The Hall–Kier alpha value is -1.77. The largest absolute Gasteiger partial charge is 0.446 e. The average Bonchev–Trinajstić information content (AvgIpc) is 2.77. The van der Waals surface area contributed by atoms with E-state index in [1.165, 1.54) is 0 Å². The molecule has 1 rings (SSSR count). The van der Waals surface area contributed by atoms with Gasteiger partial charge in [0.25, 0.3) is 0 Å². The van der Waals surface area contributed by atoms with E-state index in [1.54, 1.807) is 20.8 Å². The van der Waals surface area contributed by atoms with E-state index >= 15 is 0 Å². The minimum atomic E-state index is -4.99. The van der Waals surface area contributed by atoms with Gasteiger partial charge in [0.2, 0.25) is 11.5 Å². The Labute approximate surface area is 119 Å². The third kappa shape index (κ3) is 4.62. The molecule has 0 aliphatic rings. The summed E-state index contributed by atoms with van der Waals surface area (Å²) in [7, 11) is 0. The first kappa shape index (κ1) is 17.3. The normalized spacial score (nSPS) is 15.4. The predicted octanol–water partition coefficient (Wildman–Crippen LogP) is 2.34. The number of ether oxygens (including phenoxy) is 1. The molecule has 1 amide bonds. The number of halogens is 3. The second kappa shape index (κ2) is 5.92. The summed E-state index contributed by atoms with van der Waals surface area (Å²) in [6.45, 7) is 4.38. The van der Waals surface area contributed by atoms with Crippen LogP contribution in [0.3, 0.4) is 0 Å². The van der Waals surface area contributed by atoms with E-state index < -0.39 is 42.3 Å². The van der Waals surface area contributed by atoms with Crippen molar-refractivity contribution in [1.82, 2.24) is 10.3 Å². The Bertz CT molecular complexity index is 468. The molecule has 0 bridgehead atoms. The molecule has 6 nitrogen and oxygen atoms in total. The van der Waals surface area contributed by atoms with Crippen molar-refractivity contribution >= 4 is 6.09 Å². The van der Waals surface area contributed by atoms with E-state index in [-0.39, 0.29) is 0 Å². The van der Waals surface area contributed by atoms with Crippen molar-refractivity contribution < 1.29 is 32.2 Å². The van der Waals surface area contributed by atoms with Crippen LogP contribution in [0.15, 0.2) is 16.9 Å². The molecule has 2 N–H and O–H groups in total. The zero-order valence-corrected chi connectivity index (χ0v) is 11.8. The molecular formula is C12H17F3N2O4. The average molecular weight is 310 g/mol. The van der Waals surface area contributed by atoms with Gasteiger partial charge in [-0.1, -0.05) is 0 Å². The molecule has 0 fully saturated rings. The molecule has 0 radical (unpaired) electrons. The van der Waals surface area contributed by atoms with Gasteiger partial charge in [-0.05, 0) is 20.8 Å². The Morgan fingerprint density at radius 3 is 2.48 bits per heavy atom. The van der Waals surface area contributed by atoms with Crippen LogP contribution in [0.25, 0.3) is 0 Å². The molecule has 21 heavy (non-hydrogen) atoms. The molecule has 0 spiro atoms.